The molecule has 0 spiro atoms. The van der Waals surface area contributed by atoms with Gasteiger partial charge in [0.1, 0.15) is 0 Å². The predicted molar refractivity (Wildman–Crippen MR) is 69.5 cm³/mol. The van der Waals surface area contributed by atoms with Gasteiger partial charge in [-0.05, 0) is 30.4 Å². The quantitative estimate of drug-likeness (QED) is 0.845. The molecule has 0 saturated carbocycles. The predicted octanol–water partition coefficient (Wildman–Crippen LogP) is 3.57. The lowest BCUT2D eigenvalue weighted by atomic mass is 9.82. The second-order valence-electron chi connectivity index (χ2n) is 6.11. The first-order chi connectivity index (χ1) is 7.68. The minimum Gasteiger partial charge on any atom is -0.387 e. The van der Waals surface area contributed by atoms with Crippen molar-refractivity contribution in [3.05, 3.63) is 35.4 Å². The van der Waals surface area contributed by atoms with E-state index in [2.05, 4.69) is 26.8 Å². The number of nitriles is 1. The Labute approximate surface area is 104 Å². The molecule has 1 aromatic carbocycles. The highest BCUT2D eigenvalue weighted by atomic mass is 16.3. The fourth-order valence-corrected chi connectivity index (χ4v) is 1.64. The summed E-state index contributed by atoms with van der Waals surface area (Å²) < 4.78 is 0. The number of rotatable bonds is 2. The topological polar surface area (TPSA) is 44.0 Å². The average molecular weight is 231 g/mol. The van der Waals surface area contributed by atoms with Crippen LogP contribution in [0.2, 0.25) is 0 Å². The number of nitrogens with zero attached hydrogens (tertiary/aromatic N) is 1. The van der Waals surface area contributed by atoms with Crippen LogP contribution in [0.4, 0.5) is 0 Å². The van der Waals surface area contributed by atoms with Crippen LogP contribution in [-0.2, 0) is 5.41 Å². The van der Waals surface area contributed by atoms with Crippen LogP contribution in [0.5, 0.6) is 0 Å². The van der Waals surface area contributed by atoms with E-state index >= 15 is 0 Å². The van der Waals surface area contributed by atoms with Crippen LogP contribution >= 0.6 is 0 Å². The summed E-state index contributed by atoms with van der Waals surface area (Å²) in [6.07, 6.45) is -0.749. The Kier molecular flexibility index (Phi) is 3.64. The van der Waals surface area contributed by atoms with E-state index in [9.17, 15) is 5.11 Å². The first kappa shape index (κ1) is 13.7. The average Bonchev–Trinajstić information content (AvgIpc) is 2.27. The van der Waals surface area contributed by atoms with E-state index < -0.39 is 11.5 Å². The number of aliphatic hydroxyl groups excluding tert-OH is 1. The van der Waals surface area contributed by atoms with E-state index in [4.69, 9.17) is 5.26 Å². The maximum Gasteiger partial charge on any atom is 0.0970 e. The number of hydrogen-bond acceptors (Lipinski definition) is 2. The molecule has 0 amide bonds. The van der Waals surface area contributed by atoms with Crippen LogP contribution in [-0.4, -0.2) is 5.11 Å². The van der Waals surface area contributed by atoms with Gasteiger partial charge in [0.15, 0.2) is 0 Å². The van der Waals surface area contributed by atoms with Gasteiger partial charge in [0.2, 0.25) is 0 Å². The van der Waals surface area contributed by atoms with Crippen molar-refractivity contribution in [2.24, 2.45) is 5.41 Å². The maximum atomic E-state index is 10.1. The van der Waals surface area contributed by atoms with E-state index in [1.54, 1.807) is 13.8 Å². The van der Waals surface area contributed by atoms with Crippen LogP contribution in [0, 0.1) is 16.7 Å². The molecule has 17 heavy (non-hydrogen) atoms. The third-order valence-electron chi connectivity index (χ3n) is 3.06. The summed E-state index contributed by atoms with van der Waals surface area (Å²) in [5.41, 5.74) is 1.37. The standard InChI is InChI=1S/C15H21NO/c1-14(2,3)12-8-6-11(7-9-12)13(17)15(4,5)10-16/h6-9,13,17H,1-5H3. The van der Waals surface area contributed by atoms with Crippen LogP contribution in [0.1, 0.15) is 51.8 Å². The van der Waals surface area contributed by atoms with Gasteiger partial charge in [0.05, 0.1) is 17.6 Å². The first-order valence-corrected chi connectivity index (χ1v) is 5.88. The molecule has 0 bridgehead atoms. The molecule has 0 heterocycles. The normalized spacial score (nSPS) is 14.2. The lowest BCUT2D eigenvalue weighted by Crippen LogP contribution is -2.20. The maximum absolute atomic E-state index is 10.1. The summed E-state index contributed by atoms with van der Waals surface area (Å²) in [7, 11) is 0. The van der Waals surface area contributed by atoms with Crippen molar-refractivity contribution in [1.29, 1.82) is 5.26 Å². The molecule has 0 fully saturated rings. The highest BCUT2D eigenvalue weighted by Crippen LogP contribution is 2.33. The highest BCUT2D eigenvalue weighted by molar-refractivity contribution is 5.30. The van der Waals surface area contributed by atoms with E-state index in [1.807, 2.05) is 24.3 Å². The Morgan fingerprint density at radius 3 is 1.88 bits per heavy atom. The summed E-state index contributed by atoms with van der Waals surface area (Å²) in [4.78, 5) is 0. The fourth-order valence-electron chi connectivity index (χ4n) is 1.64. The SMILES string of the molecule is CC(C)(C)c1ccc(C(O)C(C)(C)C#N)cc1. The lowest BCUT2D eigenvalue weighted by Gasteiger charge is -2.24. The molecule has 2 nitrogen and oxygen atoms in total. The zero-order chi connectivity index (χ0) is 13.3. The van der Waals surface area contributed by atoms with Gasteiger partial charge in [0.25, 0.3) is 0 Å². The minimum absolute atomic E-state index is 0.105. The molecule has 1 unspecified atom stereocenters. The Morgan fingerprint density at radius 2 is 1.53 bits per heavy atom. The van der Waals surface area contributed by atoms with Crippen molar-refractivity contribution >= 4 is 0 Å². The van der Waals surface area contributed by atoms with E-state index in [1.165, 1.54) is 5.56 Å². The smallest absolute Gasteiger partial charge is 0.0970 e. The Hall–Kier alpha value is -1.33. The molecule has 92 valence electrons. The van der Waals surface area contributed by atoms with E-state index in [0.29, 0.717) is 0 Å². The van der Waals surface area contributed by atoms with Gasteiger partial charge in [-0.3, -0.25) is 0 Å². The molecule has 0 aromatic heterocycles. The van der Waals surface area contributed by atoms with Gasteiger partial charge >= 0.3 is 0 Å². The highest BCUT2D eigenvalue weighted by Gasteiger charge is 2.29. The van der Waals surface area contributed by atoms with E-state index in [0.717, 1.165) is 5.56 Å². The summed E-state index contributed by atoms with van der Waals surface area (Å²) in [5, 5.41) is 19.1. The van der Waals surface area contributed by atoms with Crippen molar-refractivity contribution in [2.75, 3.05) is 0 Å². The zero-order valence-electron chi connectivity index (χ0n) is 11.3. The summed E-state index contributed by atoms with van der Waals surface area (Å²) >= 11 is 0. The minimum atomic E-state index is -0.761. The third kappa shape index (κ3) is 3.08. The summed E-state index contributed by atoms with van der Waals surface area (Å²) in [6.45, 7) is 9.94. The molecule has 1 rings (SSSR count). The van der Waals surface area contributed by atoms with Crippen molar-refractivity contribution < 1.29 is 5.11 Å². The number of benzene rings is 1. The molecule has 1 aromatic rings. The van der Waals surface area contributed by atoms with Gasteiger partial charge in [-0.25, -0.2) is 0 Å². The molecular formula is C15H21NO. The van der Waals surface area contributed by atoms with Crippen LogP contribution in [0.15, 0.2) is 24.3 Å². The first-order valence-electron chi connectivity index (χ1n) is 5.88. The molecule has 2 heteroatoms. The second kappa shape index (κ2) is 4.50. The molecule has 0 radical (unpaired) electrons. The van der Waals surface area contributed by atoms with E-state index in [-0.39, 0.29) is 5.41 Å². The molecule has 0 saturated heterocycles. The largest absolute Gasteiger partial charge is 0.387 e. The third-order valence-corrected chi connectivity index (χ3v) is 3.06. The van der Waals surface area contributed by atoms with Crippen LogP contribution in [0.25, 0.3) is 0 Å². The fraction of sp³-hybridized carbons (Fsp3) is 0.533. The monoisotopic (exact) mass is 231 g/mol. The number of hydrogen-bond donors (Lipinski definition) is 1. The Balaban J connectivity index is 3.01. The van der Waals surface area contributed by atoms with Gasteiger partial charge in [0, 0.05) is 0 Å². The zero-order valence-corrected chi connectivity index (χ0v) is 11.3. The lowest BCUT2D eigenvalue weighted by molar-refractivity contribution is 0.0867. The van der Waals surface area contributed by atoms with Crippen molar-refractivity contribution in [3.8, 4) is 6.07 Å². The van der Waals surface area contributed by atoms with Crippen molar-refractivity contribution in [3.63, 3.8) is 0 Å². The van der Waals surface area contributed by atoms with Gasteiger partial charge in [-0.2, -0.15) is 5.26 Å². The van der Waals surface area contributed by atoms with Crippen LogP contribution in [0.3, 0.4) is 0 Å². The second-order valence-corrected chi connectivity index (χ2v) is 6.11. The summed E-state index contributed by atoms with van der Waals surface area (Å²) in [6, 6.07) is 9.99. The Morgan fingerprint density at radius 1 is 1.06 bits per heavy atom. The van der Waals surface area contributed by atoms with Crippen molar-refractivity contribution in [1.82, 2.24) is 0 Å². The molecule has 0 aliphatic carbocycles. The van der Waals surface area contributed by atoms with Crippen molar-refractivity contribution in [2.45, 2.75) is 46.1 Å². The molecule has 0 aliphatic rings. The van der Waals surface area contributed by atoms with Gasteiger partial charge < -0.3 is 5.11 Å². The Bertz CT molecular complexity index is 418. The van der Waals surface area contributed by atoms with Gasteiger partial charge in [-0.15, -0.1) is 0 Å². The summed E-state index contributed by atoms with van der Waals surface area (Å²) in [5.74, 6) is 0. The molecule has 1 N–H and O–H groups in total. The molecule has 1 atom stereocenters. The van der Waals surface area contributed by atoms with Crippen LogP contribution < -0.4 is 0 Å². The molecule has 0 aliphatic heterocycles. The number of aliphatic hydroxyl groups is 1. The molecular weight excluding hydrogens is 210 g/mol. The van der Waals surface area contributed by atoms with Gasteiger partial charge in [-0.1, -0.05) is 45.0 Å².